The Bertz CT molecular complexity index is 405. The van der Waals surface area contributed by atoms with Gasteiger partial charge in [-0.1, -0.05) is 6.07 Å². The first kappa shape index (κ1) is 9.11. The van der Waals surface area contributed by atoms with Crippen LogP contribution in [0.2, 0.25) is 0 Å². The van der Waals surface area contributed by atoms with Crippen LogP contribution in [0.25, 0.3) is 0 Å². The molecule has 0 spiro atoms. The zero-order valence-corrected chi connectivity index (χ0v) is 7.96. The van der Waals surface area contributed by atoms with E-state index in [-0.39, 0.29) is 0 Å². The van der Waals surface area contributed by atoms with E-state index in [0.29, 0.717) is 12.8 Å². The molecule has 0 fully saturated rings. The molecule has 14 heavy (non-hydrogen) atoms. The van der Waals surface area contributed by atoms with Crippen molar-refractivity contribution in [2.45, 2.75) is 24.9 Å². The fourth-order valence-electron chi connectivity index (χ4n) is 2.10. The van der Waals surface area contributed by atoms with Crippen LogP contribution in [0, 0.1) is 12.3 Å². The summed E-state index contributed by atoms with van der Waals surface area (Å²) in [6, 6.07) is 5.62. The van der Waals surface area contributed by atoms with Gasteiger partial charge >= 0.3 is 0 Å². The number of nitrogen functional groups attached to an aromatic ring is 1. The maximum atomic E-state index is 10.3. The molecule has 0 heterocycles. The van der Waals surface area contributed by atoms with Gasteiger partial charge in [-0.25, -0.2) is 0 Å². The lowest BCUT2D eigenvalue weighted by Crippen LogP contribution is -2.21. The molecule has 0 amide bonds. The van der Waals surface area contributed by atoms with Crippen LogP contribution < -0.4 is 5.73 Å². The third kappa shape index (κ3) is 1.26. The number of hydrogen-bond donors (Lipinski definition) is 2. The predicted molar refractivity (Wildman–Crippen MR) is 56.5 cm³/mol. The summed E-state index contributed by atoms with van der Waals surface area (Å²) in [6.45, 7) is 0. The number of nitrogens with two attached hydrogens (primary N) is 1. The van der Waals surface area contributed by atoms with Crippen molar-refractivity contribution in [1.29, 1.82) is 0 Å². The fourth-order valence-corrected chi connectivity index (χ4v) is 2.10. The molecule has 2 heteroatoms. The number of rotatable bonds is 1. The van der Waals surface area contributed by atoms with E-state index in [9.17, 15) is 5.11 Å². The van der Waals surface area contributed by atoms with Crippen LogP contribution in [0.1, 0.15) is 24.0 Å². The number of benzene rings is 1. The Labute approximate surface area is 83.7 Å². The van der Waals surface area contributed by atoms with Gasteiger partial charge in [0.1, 0.15) is 5.60 Å². The number of terminal acetylenes is 1. The van der Waals surface area contributed by atoms with Gasteiger partial charge in [0.25, 0.3) is 0 Å². The molecule has 1 aromatic carbocycles. The highest BCUT2D eigenvalue weighted by atomic mass is 16.3. The first-order valence-electron chi connectivity index (χ1n) is 4.70. The number of anilines is 1. The second kappa shape index (κ2) is 3.04. The highest BCUT2D eigenvalue weighted by Gasteiger charge is 2.35. The van der Waals surface area contributed by atoms with Crippen LogP contribution in [0.15, 0.2) is 18.2 Å². The fraction of sp³-hybridized carbons (Fsp3) is 0.333. The molecule has 72 valence electrons. The van der Waals surface area contributed by atoms with Crippen molar-refractivity contribution in [3.63, 3.8) is 0 Å². The molecular formula is C12H13NO. The van der Waals surface area contributed by atoms with Gasteiger partial charge in [0.15, 0.2) is 0 Å². The van der Waals surface area contributed by atoms with Crippen LogP contribution in [0.4, 0.5) is 5.69 Å². The van der Waals surface area contributed by atoms with Crippen LogP contribution >= 0.6 is 0 Å². The molecule has 1 unspecified atom stereocenters. The summed E-state index contributed by atoms with van der Waals surface area (Å²) in [5, 5.41) is 10.3. The lowest BCUT2D eigenvalue weighted by Gasteiger charge is -2.21. The molecule has 0 radical (unpaired) electrons. The summed E-state index contributed by atoms with van der Waals surface area (Å²) in [7, 11) is 0. The van der Waals surface area contributed by atoms with Gasteiger partial charge in [-0.3, -0.25) is 0 Å². The zero-order valence-electron chi connectivity index (χ0n) is 7.96. The normalized spacial score (nSPS) is 24.3. The first-order valence-corrected chi connectivity index (χ1v) is 4.70. The third-order valence-corrected chi connectivity index (χ3v) is 2.83. The molecule has 1 aromatic rings. The second-order valence-electron chi connectivity index (χ2n) is 3.83. The Morgan fingerprint density at radius 1 is 1.57 bits per heavy atom. The van der Waals surface area contributed by atoms with Crippen molar-refractivity contribution in [1.82, 2.24) is 0 Å². The Morgan fingerprint density at radius 2 is 2.36 bits per heavy atom. The Hall–Kier alpha value is -1.46. The summed E-state index contributed by atoms with van der Waals surface area (Å²) < 4.78 is 0. The SMILES string of the molecule is C#CCC1(O)CCc2cc(N)ccc21. The maximum absolute atomic E-state index is 10.3. The second-order valence-corrected chi connectivity index (χ2v) is 3.83. The van der Waals surface area contributed by atoms with Gasteiger partial charge in [0.05, 0.1) is 0 Å². The van der Waals surface area contributed by atoms with E-state index in [2.05, 4.69) is 5.92 Å². The van der Waals surface area contributed by atoms with Crippen molar-refractivity contribution >= 4 is 5.69 Å². The lowest BCUT2D eigenvalue weighted by molar-refractivity contribution is 0.0441. The van der Waals surface area contributed by atoms with Crippen molar-refractivity contribution in [3.05, 3.63) is 29.3 Å². The summed E-state index contributed by atoms with van der Waals surface area (Å²) in [5.74, 6) is 2.52. The Balaban J connectivity index is 2.45. The lowest BCUT2D eigenvalue weighted by atomic mass is 9.93. The summed E-state index contributed by atoms with van der Waals surface area (Å²) >= 11 is 0. The smallest absolute Gasteiger partial charge is 0.101 e. The van der Waals surface area contributed by atoms with E-state index in [4.69, 9.17) is 12.2 Å². The van der Waals surface area contributed by atoms with Gasteiger partial charge in [-0.15, -0.1) is 12.3 Å². The van der Waals surface area contributed by atoms with Crippen LogP contribution in [-0.2, 0) is 12.0 Å². The topological polar surface area (TPSA) is 46.2 Å². The van der Waals surface area contributed by atoms with Gasteiger partial charge < -0.3 is 10.8 Å². The summed E-state index contributed by atoms with van der Waals surface area (Å²) in [4.78, 5) is 0. The highest BCUT2D eigenvalue weighted by Crippen LogP contribution is 2.39. The number of fused-ring (bicyclic) bond motifs is 1. The van der Waals surface area contributed by atoms with Crippen LogP contribution in [0.3, 0.4) is 0 Å². The monoisotopic (exact) mass is 187 g/mol. The average molecular weight is 187 g/mol. The molecule has 0 aromatic heterocycles. The summed E-state index contributed by atoms with van der Waals surface area (Å²) in [6.07, 6.45) is 7.19. The first-order chi connectivity index (χ1) is 6.65. The van der Waals surface area contributed by atoms with Gasteiger partial charge in [0, 0.05) is 12.1 Å². The number of aliphatic hydroxyl groups is 1. The minimum atomic E-state index is -0.822. The summed E-state index contributed by atoms with van der Waals surface area (Å²) in [5.41, 5.74) is 7.67. The average Bonchev–Trinajstić information content (AvgIpc) is 2.44. The maximum Gasteiger partial charge on any atom is 0.101 e. The molecule has 0 aliphatic heterocycles. The quantitative estimate of drug-likeness (QED) is 0.516. The molecule has 0 saturated carbocycles. The van der Waals surface area contributed by atoms with Crippen LogP contribution in [-0.4, -0.2) is 5.11 Å². The van der Waals surface area contributed by atoms with Crippen molar-refractivity contribution in [3.8, 4) is 12.3 Å². The molecule has 0 saturated heterocycles. The Kier molecular flexibility index (Phi) is 1.98. The largest absolute Gasteiger partial charge is 0.399 e. The predicted octanol–water partition coefficient (Wildman–Crippen LogP) is 1.43. The van der Waals surface area contributed by atoms with Gasteiger partial charge in [-0.2, -0.15) is 0 Å². The molecule has 1 atom stereocenters. The van der Waals surface area contributed by atoms with Crippen molar-refractivity contribution in [2.24, 2.45) is 0 Å². The number of hydrogen-bond acceptors (Lipinski definition) is 2. The van der Waals surface area contributed by atoms with Crippen molar-refractivity contribution in [2.75, 3.05) is 5.73 Å². The standard InChI is InChI=1S/C12H13NO/c1-2-6-12(14)7-5-9-8-10(13)3-4-11(9)12/h1,3-4,8,14H,5-7,13H2. The Morgan fingerprint density at radius 3 is 3.07 bits per heavy atom. The molecule has 0 bridgehead atoms. The molecule has 2 nitrogen and oxygen atoms in total. The van der Waals surface area contributed by atoms with Crippen LogP contribution in [0.5, 0.6) is 0 Å². The number of aryl methyl sites for hydroxylation is 1. The van der Waals surface area contributed by atoms with E-state index in [0.717, 1.165) is 23.2 Å². The molecule has 3 N–H and O–H groups in total. The van der Waals surface area contributed by atoms with E-state index >= 15 is 0 Å². The molecular weight excluding hydrogens is 174 g/mol. The molecule has 1 aliphatic carbocycles. The van der Waals surface area contributed by atoms with Gasteiger partial charge in [-0.05, 0) is 36.1 Å². The molecule has 1 aliphatic rings. The van der Waals surface area contributed by atoms with E-state index in [1.165, 1.54) is 0 Å². The van der Waals surface area contributed by atoms with Crippen molar-refractivity contribution < 1.29 is 5.11 Å². The van der Waals surface area contributed by atoms with E-state index in [1.807, 2.05) is 18.2 Å². The van der Waals surface area contributed by atoms with E-state index in [1.54, 1.807) is 0 Å². The minimum absolute atomic E-state index is 0.379. The minimum Gasteiger partial charge on any atom is -0.399 e. The third-order valence-electron chi connectivity index (χ3n) is 2.83. The highest BCUT2D eigenvalue weighted by molar-refractivity contribution is 5.49. The zero-order chi connectivity index (χ0) is 10.2. The van der Waals surface area contributed by atoms with E-state index < -0.39 is 5.60 Å². The molecule has 2 rings (SSSR count). The van der Waals surface area contributed by atoms with Gasteiger partial charge in [0.2, 0.25) is 0 Å².